The van der Waals surface area contributed by atoms with E-state index in [4.69, 9.17) is 0 Å². The van der Waals surface area contributed by atoms with Gasteiger partial charge in [-0.3, -0.25) is 0 Å². The Bertz CT molecular complexity index is 256. The highest BCUT2D eigenvalue weighted by molar-refractivity contribution is 4.85. The smallest absolute Gasteiger partial charge is 0.0192 e. The van der Waals surface area contributed by atoms with Crippen molar-refractivity contribution in [3.63, 3.8) is 0 Å². The lowest BCUT2D eigenvalue weighted by Gasteiger charge is -2.41. The molecule has 3 atom stereocenters. The summed E-state index contributed by atoms with van der Waals surface area (Å²) in [5, 5.41) is 3.79. The van der Waals surface area contributed by atoms with Crippen LogP contribution in [0.1, 0.15) is 46.0 Å². The lowest BCUT2D eigenvalue weighted by molar-refractivity contribution is 0.0781. The van der Waals surface area contributed by atoms with Gasteiger partial charge in [0.1, 0.15) is 0 Å². The van der Waals surface area contributed by atoms with Gasteiger partial charge in [-0.25, -0.2) is 0 Å². The first kappa shape index (κ1) is 15.3. The second-order valence-electron chi connectivity index (χ2n) is 6.69. The predicted octanol–water partition coefficient (Wildman–Crippen LogP) is 2.18. The van der Waals surface area contributed by atoms with E-state index in [1.807, 2.05) is 0 Å². The van der Waals surface area contributed by atoms with Crippen molar-refractivity contribution in [1.82, 2.24) is 15.1 Å². The zero-order chi connectivity index (χ0) is 13.7. The average molecular weight is 267 g/mol. The molecule has 0 radical (unpaired) electrons. The van der Waals surface area contributed by atoms with Crippen molar-refractivity contribution >= 4 is 0 Å². The molecule has 1 aliphatic carbocycles. The van der Waals surface area contributed by atoms with Gasteiger partial charge in [-0.1, -0.05) is 19.8 Å². The molecule has 0 aromatic heterocycles. The van der Waals surface area contributed by atoms with Crippen LogP contribution < -0.4 is 5.32 Å². The molecule has 1 saturated heterocycles. The van der Waals surface area contributed by atoms with Gasteiger partial charge in [0.15, 0.2) is 0 Å². The van der Waals surface area contributed by atoms with Crippen LogP contribution in [0.4, 0.5) is 0 Å². The van der Waals surface area contributed by atoms with E-state index in [1.165, 1.54) is 64.8 Å². The number of piperazine rings is 1. The van der Waals surface area contributed by atoms with Crippen LogP contribution in [-0.2, 0) is 0 Å². The van der Waals surface area contributed by atoms with E-state index in [2.05, 4.69) is 36.0 Å². The highest BCUT2D eigenvalue weighted by Gasteiger charge is 2.28. The Morgan fingerprint density at radius 1 is 1.16 bits per heavy atom. The van der Waals surface area contributed by atoms with Gasteiger partial charge >= 0.3 is 0 Å². The summed E-state index contributed by atoms with van der Waals surface area (Å²) in [5.41, 5.74) is 0. The molecule has 0 aromatic rings. The molecule has 0 bridgehead atoms. The Balaban J connectivity index is 1.81. The van der Waals surface area contributed by atoms with Crippen molar-refractivity contribution in [2.24, 2.45) is 5.92 Å². The number of hydrogen-bond acceptors (Lipinski definition) is 3. The standard InChI is InChI=1S/C16H33N3/c1-4-9-17-16-8-6-5-7-15(16)13-19-11-10-18(3)14(2)12-19/h14-17H,4-13H2,1-3H3. The molecule has 3 unspecified atom stereocenters. The number of hydrogen-bond donors (Lipinski definition) is 1. The van der Waals surface area contributed by atoms with Gasteiger partial charge in [-0.2, -0.15) is 0 Å². The maximum Gasteiger partial charge on any atom is 0.0192 e. The molecule has 1 heterocycles. The maximum atomic E-state index is 3.79. The molecule has 0 aromatic carbocycles. The summed E-state index contributed by atoms with van der Waals surface area (Å²) in [6, 6.07) is 1.50. The summed E-state index contributed by atoms with van der Waals surface area (Å²) in [5.74, 6) is 0.885. The van der Waals surface area contributed by atoms with E-state index >= 15 is 0 Å². The van der Waals surface area contributed by atoms with Crippen molar-refractivity contribution in [2.75, 3.05) is 39.8 Å². The molecule has 2 fully saturated rings. The summed E-state index contributed by atoms with van der Waals surface area (Å²) in [6.45, 7) is 10.9. The quantitative estimate of drug-likeness (QED) is 0.824. The van der Waals surface area contributed by atoms with Crippen LogP contribution in [0.3, 0.4) is 0 Å². The van der Waals surface area contributed by atoms with E-state index in [1.54, 1.807) is 0 Å². The second-order valence-corrected chi connectivity index (χ2v) is 6.69. The van der Waals surface area contributed by atoms with Gasteiger partial charge in [-0.15, -0.1) is 0 Å². The van der Waals surface area contributed by atoms with Crippen LogP contribution in [0, 0.1) is 5.92 Å². The topological polar surface area (TPSA) is 18.5 Å². The molecule has 1 N–H and O–H groups in total. The summed E-state index contributed by atoms with van der Waals surface area (Å²) in [6.07, 6.45) is 6.96. The first-order chi connectivity index (χ1) is 9.20. The predicted molar refractivity (Wildman–Crippen MR) is 82.6 cm³/mol. The Morgan fingerprint density at radius 2 is 1.95 bits per heavy atom. The minimum absolute atomic E-state index is 0.722. The molecule has 2 rings (SSSR count). The Hall–Kier alpha value is -0.120. The fourth-order valence-electron chi connectivity index (χ4n) is 3.65. The third-order valence-electron chi connectivity index (χ3n) is 5.10. The van der Waals surface area contributed by atoms with E-state index in [9.17, 15) is 0 Å². The lowest BCUT2D eigenvalue weighted by atomic mass is 9.84. The van der Waals surface area contributed by atoms with Crippen LogP contribution in [0.15, 0.2) is 0 Å². The molecule has 112 valence electrons. The number of rotatable bonds is 5. The van der Waals surface area contributed by atoms with Crippen molar-refractivity contribution in [1.29, 1.82) is 0 Å². The van der Waals surface area contributed by atoms with Crippen LogP contribution in [-0.4, -0.2) is 61.7 Å². The van der Waals surface area contributed by atoms with E-state index in [0.29, 0.717) is 0 Å². The second kappa shape index (κ2) is 7.61. The third kappa shape index (κ3) is 4.44. The first-order valence-corrected chi connectivity index (χ1v) is 8.36. The SMILES string of the molecule is CCCNC1CCCCC1CN1CCN(C)C(C)C1. The average Bonchev–Trinajstić information content (AvgIpc) is 2.42. The van der Waals surface area contributed by atoms with Gasteiger partial charge < -0.3 is 15.1 Å². The molecule has 0 amide bonds. The molecule has 3 heteroatoms. The van der Waals surface area contributed by atoms with Gasteiger partial charge in [0.2, 0.25) is 0 Å². The van der Waals surface area contributed by atoms with Gasteiger partial charge in [0.25, 0.3) is 0 Å². The zero-order valence-corrected chi connectivity index (χ0v) is 13.2. The Morgan fingerprint density at radius 3 is 2.68 bits per heavy atom. The van der Waals surface area contributed by atoms with Crippen LogP contribution >= 0.6 is 0 Å². The molecular formula is C16H33N3. The first-order valence-electron chi connectivity index (χ1n) is 8.36. The van der Waals surface area contributed by atoms with Crippen molar-refractivity contribution in [3.05, 3.63) is 0 Å². The highest BCUT2D eigenvalue weighted by Crippen LogP contribution is 2.26. The molecule has 3 nitrogen and oxygen atoms in total. The van der Waals surface area contributed by atoms with Gasteiger partial charge in [0.05, 0.1) is 0 Å². The molecule has 1 aliphatic heterocycles. The summed E-state index contributed by atoms with van der Waals surface area (Å²) >= 11 is 0. The summed E-state index contributed by atoms with van der Waals surface area (Å²) < 4.78 is 0. The molecule has 0 spiro atoms. The minimum Gasteiger partial charge on any atom is -0.314 e. The third-order valence-corrected chi connectivity index (χ3v) is 5.10. The fourth-order valence-corrected chi connectivity index (χ4v) is 3.65. The molecular weight excluding hydrogens is 234 g/mol. The highest BCUT2D eigenvalue weighted by atomic mass is 15.3. The van der Waals surface area contributed by atoms with E-state index in [-0.39, 0.29) is 0 Å². The van der Waals surface area contributed by atoms with Crippen molar-refractivity contribution < 1.29 is 0 Å². The largest absolute Gasteiger partial charge is 0.314 e. The monoisotopic (exact) mass is 267 g/mol. The fraction of sp³-hybridized carbons (Fsp3) is 1.00. The summed E-state index contributed by atoms with van der Waals surface area (Å²) in [4.78, 5) is 5.20. The number of likely N-dealkylation sites (N-methyl/N-ethyl adjacent to an activating group) is 1. The molecule has 1 saturated carbocycles. The minimum atomic E-state index is 0.722. The van der Waals surface area contributed by atoms with Gasteiger partial charge in [-0.05, 0) is 45.7 Å². The zero-order valence-electron chi connectivity index (χ0n) is 13.2. The van der Waals surface area contributed by atoms with E-state index < -0.39 is 0 Å². The van der Waals surface area contributed by atoms with Crippen LogP contribution in [0.5, 0.6) is 0 Å². The van der Waals surface area contributed by atoms with Crippen LogP contribution in [0.2, 0.25) is 0 Å². The molecule has 2 aliphatic rings. The molecule has 19 heavy (non-hydrogen) atoms. The van der Waals surface area contributed by atoms with Crippen molar-refractivity contribution in [2.45, 2.75) is 58.0 Å². The van der Waals surface area contributed by atoms with Gasteiger partial charge in [0, 0.05) is 38.3 Å². The normalized spacial score (nSPS) is 34.6. The van der Waals surface area contributed by atoms with Crippen molar-refractivity contribution in [3.8, 4) is 0 Å². The summed E-state index contributed by atoms with van der Waals surface area (Å²) in [7, 11) is 2.26. The maximum absolute atomic E-state index is 3.79. The van der Waals surface area contributed by atoms with Crippen LogP contribution in [0.25, 0.3) is 0 Å². The Kier molecular flexibility index (Phi) is 6.11. The van der Waals surface area contributed by atoms with E-state index in [0.717, 1.165) is 18.0 Å². The number of nitrogens with one attached hydrogen (secondary N) is 1. The number of nitrogens with zero attached hydrogens (tertiary/aromatic N) is 2. The lowest BCUT2D eigenvalue weighted by Crippen LogP contribution is -2.53. The Labute approximate surface area is 119 Å².